The van der Waals surface area contributed by atoms with E-state index in [9.17, 15) is 4.79 Å². The monoisotopic (exact) mass is 459 g/mol. The summed E-state index contributed by atoms with van der Waals surface area (Å²) in [4.78, 5) is 16.1. The molecule has 1 heterocycles. The van der Waals surface area contributed by atoms with Crippen LogP contribution < -0.4 is 4.74 Å². The lowest BCUT2D eigenvalue weighted by molar-refractivity contribution is -0.140. The first-order valence-electron chi connectivity index (χ1n) is 12.1. The number of rotatable bonds is 10. The first-order valence-corrected chi connectivity index (χ1v) is 12.1. The number of esters is 1. The van der Waals surface area contributed by atoms with Crippen molar-refractivity contribution in [1.82, 2.24) is 4.98 Å². The van der Waals surface area contributed by atoms with E-state index in [0.29, 0.717) is 25.3 Å². The van der Waals surface area contributed by atoms with E-state index in [0.717, 1.165) is 54.9 Å². The summed E-state index contributed by atoms with van der Waals surface area (Å²) in [5, 5.41) is 0. The molecule has 0 saturated heterocycles. The Bertz CT molecular complexity index is 1160. The average molecular weight is 460 g/mol. The van der Waals surface area contributed by atoms with Gasteiger partial charge in [-0.2, -0.15) is 0 Å². The molecular weight excluding hydrogens is 426 g/mol. The molecule has 2 aromatic carbocycles. The number of carbonyl (C=O) groups is 1. The van der Waals surface area contributed by atoms with E-state index in [1.54, 1.807) is 0 Å². The number of aromatic nitrogens is 1. The van der Waals surface area contributed by atoms with Crippen molar-refractivity contribution in [2.24, 2.45) is 0 Å². The van der Waals surface area contributed by atoms with E-state index in [1.807, 2.05) is 19.1 Å². The van der Waals surface area contributed by atoms with Gasteiger partial charge in [0.05, 0.1) is 19.4 Å². The number of oxazole rings is 1. The Balaban J connectivity index is 1.36. The molecule has 178 valence electrons. The van der Waals surface area contributed by atoms with Gasteiger partial charge in [-0.1, -0.05) is 35.9 Å². The van der Waals surface area contributed by atoms with Crippen molar-refractivity contribution in [2.45, 2.75) is 58.8 Å². The molecule has 1 aliphatic carbocycles. The number of ether oxygens (including phenoxy) is 2. The first kappa shape index (κ1) is 23.8. The zero-order valence-corrected chi connectivity index (χ0v) is 20.4. The number of fused-ring (bicyclic) bond motifs is 1. The number of benzene rings is 2. The molecule has 0 amide bonds. The lowest BCUT2D eigenvalue weighted by Gasteiger charge is -2.21. The molecular formula is C29H33NO4. The summed E-state index contributed by atoms with van der Waals surface area (Å²) in [7, 11) is 1.44. The Kier molecular flexibility index (Phi) is 7.84. The predicted molar refractivity (Wildman–Crippen MR) is 134 cm³/mol. The molecule has 0 spiro atoms. The van der Waals surface area contributed by atoms with Crippen LogP contribution >= 0.6 is 0 Å². The van der Waals surface area contributed by atoms with Crippen LogP contribution in [0.2, 0.25) is 0 Å². The molecule has 0 bridgehead atoms. The third-order valence-electron chi connectivity index (χ3n) is 6.36. The molecule has 5 nitrogen and oxygen atoms in total. The molecule has 3 aromatic rings. The normalized spacial score (nSPS) is 12.7. The van der Waals surface area contributed by atoms with Gasteiger partial charge in [0.2, 0.25) is 5.89 Å². The van der Waals surface area contributed by atoms with Crippen LogP contribution in [-0.2, 0) is 22.4 Å². The van der Waals surface area contributed by atoms with Gasteiger partial charge in [0.15, 0.2) is 0 Å². The van der Waals surface area contributed by atoms with Gasteiger partial charge in [-0.25, -0.2) is 4.98 Å². The van der Waals surface area contributed by atoms with Gasteiger partial charge in [-0.3, -0.25) is 4.79 Å². The zero-order chi connectivity index (χ0) is 23.9. The second kappa shape index (κ2) is 11.2. The van der Waals surface area contributed by atoms with Crippen LogP contribution in [0.25, 0.3) is 17.0 Å². The topological polar surface area (TPSA) is 61.6 Å². The van der Waals surface area contributed by atoms with E-state index < -0.39 is 0 Å². The van der Waals surface area contributed by atoms with Crippen molar-refractivity contribution in [2.75, 3.05) is 13.7 Å². The molecule has 1 aromatic heterocycles. The maximum atomic E-state index is 11.4. The van der Waals surface area contributed by atoms with Crippen LogP contribution in [0.1, 0.15) is 60.2 Å². The predicted octanol–water partition coefficient (Wildman–Crippen LogP) is 6.64. The molecule has 1 aliphatic rings. The Morgan fingerprint density at radius 3 is 2.68 bits per heavy atom. The van der Waals surface area contributed by atoms with Crippen molar-refractivity contribution in [3.8, 4) is 17.2 Å². The van der Waals surface area contributed by atoms with Gasteiger partial charge in [-0.15, -0.1) is 0 Å². The molecule has 0 unspecified atom stereocenters. The van der Waals surface area contributed by atoms with Crippen molar-refractivity contribution in [3.63, 3.8) is 0 Å². The standard InChI is InChI=1S/C29H33NO4/c1-20-14-16-23(17-15-20)29-30-26(21(2)34-29)18-19-33-27-12-7-10-24-22(9-6-11-25(24)27)8-4-5-13-28(31)32-3/h7,9-10,12,14-17H,4-6,8,11,13,18-19H2,1-3H3. The SMILES string of the molecule is COC(=O)CCCCC1=CCCc2c(OCCc3nc(-c4ccc(C)cc4)oc3C)cccc21. The summed E-state index contributed by atoms with van der Waals surface area (Å²) in [6, 6.07) is 14.5. The van der Waals surface area contributed by atoms with Crippen LogP contribution in [0.4, 0.5) is 0 Å². The third-order valence-corrected chi connectivity index (χ3v) is 6.36. The van der Waals surface area contributed by atoms with Crippen LogP contribution in [0.5, 0.6) is 5.75 Å². The third kappa shape index (κ3) is 5.77. The molecule has 34 heavy (non-hydrogen) atoms. The number of hydrogen-bond donors (Lipinski definition) is 0. The number of allylic oxidation sites excluding steroid dienone is 2. The van der Waals surface area contributed by atoms with Crippen molar-refractivity contribution in [1.29, 1.82) is 0 Å². The quantitative estimate of drug-likeness (QED) is 0.251. The van der Waals surface area contributed by atoms with Gasteiger partial charge < -0.3 is 13.9 Å². The minimum atomic E-state index is -0.137. The summed E-state index contributed by atoms with van der Waals surface area (Å²) in [5.41, 5.74) is 7.06. The van der Waals surface area contributed by atoms with Gasteiger partial charge in [0.25, 0.3) is 0 Å². The summed E-state index contributed by atoms with van der Waals surface area (Å²) in [5.74, 6) is 2.32. The van der Waals surface area contributed by atoms with Crippen LogP contribution in [0.15, 0.2) is 53.0 Å². The van der Waals surface area contributed by atoms with Crippen LogP contribution in [-0.4, -0.2) is 24.7 Å². The maximum Gasteiger partial charge on any atom is 0.305 e. The minimum absolute atomic E-state index is 0.137. The molecule has 0 saturated carbocycles. The Morgan fingerprint density at radius 2 is 1.88 bits per heavy atom. The molecule has 0 N–H and O–H groups in total. The Hall–Kier alpha value is -3.34. The summed E-state index contributed by atoms with van der Waals surface area (Å²) in [6.07, 6.45) is 8.29. The summed E-state index contributed by atoms with van der Waals surface area (Å²) in [6.45, 7) is 4.58. The largest absolute Gasteiger partial charge is 0.493 e. The van der Waals surface area contributed by atoms with Gasteiger partial charge in [-0.05, 0) is 75.3 Å². The van der Waals surface area contributed by atoms with E-state index in [2.05, 4.69) is 43.3 Å². The maximum absolute atomic E-state index is 11.4. The number of nitrogens with zero attached hydrogens (tertiary/aromatic N) is 1. The minimum Gasteiger partial charge on any atom is -0.493 e. The lowest BCUT2D eigenvalue weighted by atomic mass is 9.87. The Labute approximate surface area is 201 Å². The van der Waals surface area contributed by atoms with Crippen LogP contribution in [0, 0.1) is 13.8 Å². The van der Waals surface area contributed by atoms with E-state index in [4.69, 9.17) is 18.9 Å². The fraction of sp³-hybridized carbons (Fsp3) is 0.379. The zero-order valence-electron chi connectivity index (χ0n) is 20.4. The second-order valence-electron chi connectivity index (χ2n) is 8.82. The van der Waals surface area contributed by atoms with E-state index in [-0.39, 0.29) is 5.97 Å². The molecule has 0 radical (unpaired) electrons. The van der Waals surface area contributed by atoms with E-state index in [1.165, 1.54) is 29.4 Å². The highest BCUT2D eigenvalue weighted by Crippen LogP contribution is 2.35. The second-order valence-corrected chi connectivity index (χ2v) is 8.82. The molecule has 0 fully saturated rings. The van der Waals surface area contributed by atoms with Gasteiger partial charge in [0.1, 0.15) is 11.5 Å². The smallest absolute Gasteiger partial charge is 0.305 e. The van der Waals surface area contributed by atoms with E-state index >= 15 is 0 Å². The number of unbranched alkanes of at least 4 members (excludes halogenated alkanes) is 1. The van der Waals surface area contributed by atoms with Crippen molar-refractivity contribution >= 4 is 11.5 Å². The highest BCUT2D eigenvalue weighted by molar-refractivity contribution is 5.72. The van der Waals surface area contributed by atoms with Crippen molar-refractivity contribution in [3.05, 3.63) is 76.7 Å². The summed E-state index contributed by atoms with van der Waals surface area (Å²) >= 11 is 0. The fourth-order valence-electron chi connectivity index (χ4n) is 4.42. The molecule has 5 heteroatoms. The molecule has 4 rings (SSSR count). The lowest BCUT2D eigenvalue weighted by Crippen LogP contribution is -2.08. The molecule has 0 aliphatic heterocycles. The van der Waals surface area contributed by atoms with Crippen molar-refractivity contribution < 1.29 is 18.7 Å². The number of aryl methyl sites for hydroxylation is 2. The van der Waals surface area contributed by atoms with Crippen LogP contribution in [0.3, 0.4) is 0 Å². The first-order chi connectivity index (χ1) is 16.5. The highest BCUT2D eigenvalue weighted by atomic mass is 16.5. The molecule has 0 atom stereocenters. The summed E-state index contributed by atoms with van der Waals surface area (Å²) < 4.78 is 16.9. The number of hydrogen-bond acceptors (Lipinski definition) is 5. The number of carbonyl (C=O) groups excluding carboxylic acids is 1. The Morgan fingerprint density at radius 1 is 1.06 bits per heavy atom. The fourth-order valence-corrected chi connectivity index (χ4v) is 4.42. The average Bonchev–Trinajstić information content (AvgIpc) is 3.22. The highest BCUT2D eigenvalue weighted by Gasteiger charge is 2.17. The van der Waals surface area contributed by atoms with Gasteiger partial charge in [0, 0.05) is 24.0 Å². The number of methoxy groups -OCH3 is 1. The van der Waals surface area contributed by atoms with Gasteiger partial charge >= 0.3 is 5.97 Å².